The van der Waals surface area contributed by atoms with Gasteiger partial charge in [-0.25, -0.2) is 0 Å². The van der Waals surface area contributed by atoms with Crippen molar-refractivity contribution >= 4 is 0 Å². The molecule has 2 aliphatic rings. The third kappa shape index (κ3) is 2.94. The molecule has 1 heterocycles. The van der Waals surface area contributed by atoms with Gasteiger partial charge in [-0.05, 0) is 57.0 Å². The van der Waals surface area contributed by atoms with E-state index in [1.165, 1.54) is 64.6 Å². The first-order valence-corrected chi connectivity index (χ1v) is 6.79. The van der Waals surface area contributed by atoms with E-state index in [1.807, 2.05) is 0 Å². The zero-order chi connectivity index (χ0) is 10.6. The normalized spacial score (nSPS) is 29.0. The summed E-state index contributed by atoms with van der Waals surface area (Å²) >= 11 is 0. The lowest BCUT2D eigenvalue weighted by atomic mass is 9.67. The summed E-state index contributed by atoms with van der Waals surface area (Å²) < 4.78 is 0. The average Bonchev–Trinajstić information content (AvgIpc) is 2.68. The van der Waals surface area contributed by atoms with Crippen molar-refractivity contribution in [2.24, 2.45) is 5.41 Å². The highest BCUT2D eigenvalue weighted by Gasteiger charge is 2.34. The van der Waals surface area contributed by atoms with Gasteiger partial charge < -0.3 is 10.6 Å². The molecular formula is C13H26N2. The number of nitrogens with one attached hydrogen (secondary N) is 2. The summed E-state index contributed by atoms with van der Waals surface area (Å²) in [6, 6.07) is 0.802. The number of hydrogen-bond donors (Lipinski definition) is 2. The van der Waals surface area contributed by atoms with E-state index in [4.69, 9.17) is 0 Å². The summed E-state index contributed by atoms with van der Waals surface area (Å²) in [5, 5.41) is 7.22. The molecule has 0 aromatic rings. The zero-order valence-electron chi connectivity index (χ0n) is 10.1. The monoisotopic (exact) mass is 210 g/mol. The Morgan fingerprint density at radius 3 is 2.73 bits per heavy atom. The molecule has 15 heavy (non-hydrogen) atoms. The smallest absolute Gasteiger partial charge is 0.00796 e. The molecule has 0 radical (unpaired) electrons. The zero-order valence-corrected chi connectivity index (χ0v) is 10.1. The van der Waals surface area contributed by atoms with Crippen LogP contribution in [0.25, 0.3) is 0 Å². The summed E-state index contributed by atoms with van der Waals surface area (Å²) in [4.78, 5) is 0. The van der Waals surface area contributed by atoms with Crippen molar-refractivity contribution < 1.29 is 0 Å². The van der Waals surface area contributed by atoms with E-state index in [9.17, 15) is 0 Å². The third-order valence-corrected chi connectivity index (χ3v) is 4.50. The van der Waals surface area contributed by atoms with Gasteiger partial charge in [-0.15, -0.1) is 0 Å². The molecule has 1 unspecified atom stereocenters. The Bertz CT molecular complexity index is 175. The minimum absolute atomic E-state index is 0.684. The van der Waals surface area contributed by atoms with Crippen molar-refractivity contribution in [3.63, 3.8) is 0 Å². The first-order valence-electron chi connectivity index (χ1n) is 6.79. The maximum absolute atomic E-state index is 3.67. The van der Waals surface area contributed by atoms with Gasteiger partial charge in [-0.2, -0.15) is 0 Å². The summed E-state index contributed by atoms with van der Waals surface area (Å²) in [6.07, 6.45) is 9.82. The van der Waals surface area contributed by atoms with E-state index in [2.05, 4.69) is 17.6 Å². The fourth-order valence-corrected chi connectivity index (χ4v) is 2.97. The topological polar surface area (TPSA) is 24.1 Å². The van der Waals surface area contributed by atoms with Crippen LogP contribution in [-0.4, -0.2) is 25.7 Å². The van der Waals surface area contributed by atoms with Crippen LogP contribution in [0.2, 0.25) is 0 Å². The van der Waals surface area contributed by atoms with Gasteiger partial charge in [0.05, 0.1) is 0 Å². The number of rotatable bonds is 6. The molecule has 1 aliphatic heterocycles. The van der Waals surface area contributed by atoms with Gasteiger partial charge in [-0.3, -0.25) is 0 Å². The van der Waals surface area contributed by atoms with Gasteiger partial charge in [0.1, 0.15) is 0 Å². The molecule has 2 heteroatoms. The molecule has 0 spiro atoms. The Balaban J connectivity index is 1.54. The highest BCUT2D eigenvalue weighted by molar-refractivity contribution is 4.88. The molecule has 1 saturated heterocycles. The van der Waals surface area contributed by atoms with Crippen LogP contribution in [0, 0.1) is 5.41 Å². The standard InChI is InChI=1S/C13H26N2/c1-2-13(7-4-8-13)11-14-10-6-12-5-3-9-15-12/h12,14-15H,2-11H2,1H3. The van der Waals surface area contributed by atoms with Crippen LogP contribution in [0.3, 0.4) is 0 Å². The highest BCUT2D eigenvalue weighted by Crippen LogP contribution is 2.42. The molecule has 0 amide bonds. The molecule has 0 aromatic carbocycles. The van der Waals surface area contributed by atoms with Crippen molar-refractivity contribution in [1.29, 1.82) is 0 Å². The molecule has 1 atom stereocenters. The second kappa shape index (κ2) is 5.31. The minimum atomic E-state index is 0.684. The lowest BCUT2D eigenvalue weighted by Gasteiger charge is -2.41. The van der Waals surface area contributed by atoms with Gasteiger partial charge in [0.15, 0.2) is 0 Å². The first-order chi connectivity index (χ1) is 7.35. The van der Waals surface area contributed by atoms with Crippen LogP contribution in [0.1, 0.15) is 51.9 Å². The van der Waals surface area contributed by atoms with E-state index in [0.29, 0.717) is 5.41 Å². The average molecular weight is 210 g/mol. The Hall–Kier alpha value is -0.0800. The van der Waals surface area contributed by atoms with Crippen LogP contribution in [0.15, 0.2) is 0 Å². The second-order valence-corrected chi connectivity index (χ2v) is 5.47. The third-order valence-electron chi connectivity index (χ3n) is 4.50. The van der Waals surface area contributed by atoms with Gasteiger partial charge in [0.2, 0.25) is 0 Å². The van der Waals surface area contributed by atoms with Gasteiger partial charge in [0, 0.05) is 12.6 Å². The van der Waals surface area contributed by atoms with Gasteiger partial charge in [-0.1, -0.05) is 13.3 Å². The van der Waals surface area contributed by atoms with Crippen LogP contribution < -0.4 is 10.6 Å². The molecule has 2 nitrogen and oxygen atoms in total. The van der Waals surface area contributed by atoms with Crippen LogP contribution in [0.5, 0.6) is 0 Å². The van der Waals surface area contributed by atoms with E-state index < -0.39 is 0 Å². The summed E-state index contributed by atoms with van der Waals surface area (Å²) in [5.41, 5.74) is 0.684. The van der Waals surface area contributed by atoms with Gasteiger partial charge in [0.25, 0.3) is 0 Å². The van der Waals surface area contributed by atoms with Crippen molar-refractivity contribution in [3.8, 4) is 0 Å². The Morgan fingerprint density at radius 1 is 1.33 bits per heavy atom. The Morgan fingerprint density at radius 2 is 2.20 bits per heavy atom. The molecule has 2 rings (SSSR count). The van der Waals surface area contributed by atoms with Crippen LogP contribution in [-0.2, 0) is 0 Å². The Kier molecular flexibility index (Phi) is 4.04. The molecule has 0 aromatic heterocycles. The van der Waals surface area contributed by atoms with E-state index in [-0.39, 0.29) is 0 Å². The SMILES string of the molecule is CCC1(CNCCC2CCCN2)CCC1. The molecule has 88 valence electrons. The quantitative estimate of drug-likeness (QED) is 0.657. The fraction of sp³-hybridized carbons (Fsp3) is 1.00. The summed E-state index contributed by atoms with van der Waals surface area (Å²) in [6.45, 7) is 6.05. The maximum atomic E-state index is 3.67. The number of hydrogen-bond acceptors (Lipinski definition) is 2. The first kappa shape index (κ1) is 11.4. The molecule has 1 saturated carbocycles. The molecular weight excluding hydrogens is 184 g/mol. The van der Waals surface area contributed by atoms with Crippen molar-refractivity contribution in [2.45, 2.75) is 57.9 Å². The molecule has 2 N–H and O–H groups in total. The van der Waals surface area contributed by atoms with Crippen molar-refractivity contribution in [1.82, 2.24) is 10.6 Å². The van der Waals surface area contributed by atoms with E-state index >= 15 is 0 Å². The Labute approximate surface area is 94.2 Å². The molecule has 1 aliphatic carbocycles. The van der Waals surface area contributed by atoms with Gasteiger partial charge >= 0.3 is 0 Å². The summed E-state index contributed by atoms with van der Waals surface area (Å²) in [5.74, 6) is 0. The predicted molar refractivity (Wildman–Crippen MR) is 65.1 cm³/mol. The van der Waals surface area contributed by atoms with Crippen LogP contribution in [0.4, 0.5) is 0 Å². The van der Waals surface area contributed by atoms with Crippen LogP contribution >= 0.6 is 0 Å². The fourth-order valence-electron chi connectivity index (χ4n) is 2.97. The lowest BCUT2D eigenvalue weighted by molar-refractivity contribution is 0.124. The predicted octanol–water partition coefficient (Wildman–Crippen LogP) is 2.30. The maximum Gasteiger partial charge on any atom is 0.00796 e. The van der Waals surface area contributed by atoms with Crippen molar-refractivity contribution in [2.75, 3.05) is 19.6 Å². The largest absolute Gasteiger partial charge is 0.316 e. The van der Waals surface area contributed by atoms with E-state index in [0.717, 1.165) is 6.04 Å². The lowest BCUT2D eigenvalue weighted by Crippen LogP contribution is -2.40. The summed E-state index contributed by atoms with van der Waals surface area (Å²) in [7, 11) is 0. The van der Waals surface area contributed by atoms with Crippen molar-refractivity contribution in [3.05, 3.63) is 0 Å². The minimum Gasteiger partial charge on any atom is -0.316 e. The van der Waals surface area contributed by atoms with E-state index in [1.54, 1.807) is 0 Å². The molecule has 2 fully saturated rings. The molecule has 0 bridgehead atoms. The highest BCUT2D eigenvalue weighted by atomic mass is 15.0. The second-order valence-electron chi connectivity index (χ2n) is 5.47.